The topological polar surface area (TPSA) is 50.3 Å². The molecule has 0 radical (unpaired) electrons. The molecule has 0 spiro atoms. The van der Waals surface area contributed by atoms with Gasteiger partial charge in [0.1, 0.15) is 11.6 Å². The summed E-state index contributed by atoms with van der Waals surface area (Å²) in [4.78, 5) is 11.1. The van der Waals surface area contributed by atoms with Crippen molar-refractivity contribution in [2.24, 2.45) is 0 Å². The van der Waals surface area contributed by atoms with E-state index in [0.717, 1.165) is 29.4 Å². The maximum absolute atomic E-state index is 5.38. The van der Waals surface area contributed by atoms with E-state index in [-0.39, 0.29) is 0 Å². The van der Waals surface area contributed by atoms with Crippen molar-refractivity contribution >= 4 is 17.5 Å². The minimum Gasteiger partial charge on any atom is -0.496 e. The summed E-state index contributed by atoms with van der Waals surface area (Å²) in [6.45, 7) is 3.54. The van der Waals surface area contributed by atoms with Crippen LogP contribution in [-0.2, 0) is 6.54 Å². The first kappa shape index (κ1) is 16.8. The molecule has 0 aliphatic carbocycles. The summed E-state index contributed by atoms with van der Waals surface area (Å²) in [5.74, 6) is 2.31. The van der Waals surface area contributed by atoms with Gasteiger partial charge < -0.3 is 15.0 Å². The van der Waals surface area contributed by atoms with Crippen LogP contribution in [0.1, 0.15) is 12.5 Å². The summed E-state index contributed by atoms with van der Waals surface area (Å²) in [6, 6.07) is 20.1. The summed E-state index contributed by atoms with van der Waals surface area (Å²) < 4.78 is 5.38. The van der Waals surface area contributed by atoms with E-state index < -0.39 is 0 Å². The van der Waals surface area contributed by atoms with Crippen LogP contribution in [0.15, 0.2) is 66.9 Å². The van der Waals surface area contributed by atoms with Crippen LogP contribution in [0.5, 0.6) is 5.75 Å². The molecule has 1 aromatic heterocycles. The SMILES string of the molecule is CCN(c1ccccc1)c1ccnc(NCc2ccccc2OC)n1. The Bertz CT molecular complexity index is 808. The van der Waals surface area contributed by atoms with Crippen LogP contribution in [-0.4, -0.2) is 23.6 Å². The predicted octanol–water partition coefficient (Wildman–Crippen LogP) is 4.26. The first-order valence-corrected chi connectivity index (χ1v) is 8.33. The first-order chi connectivity index (χ1) is 12.3. The zero-order valence-corrected chi connectivity index (χ0v) is 14.5. The molecule has 25 heavy (non-hydrogen) atoms. The quantitative estimate of drug-likeness (QED) is 0.700. The van der Waals surface area contributed by atoms with Crippen LogP contribution in [0.4, 0.5) is 17.5 Å². The van der Waals surface area contributed by atoms with Gasteiger partial charge in [0.05, 0.1) is 7.11 Å². The van der Waals surface area contributed by atoms with Crippen molar-refractivity contribution in [1.82, 2.24) is 9.97 Å². The summed E-state index contributed by atoms with van der Waals surface area (Å²) in [5, 5.41) is 3.28. The van der Waals surface area contributed by atoms with Crippen molar-refractivity contribution in [3.8, 4) is 5.75 Å². The molecule has 0 aliphatic heterocycles. The third-order valence-electron chi connectivity index (χ3n) is 3.93. The molecule has 3 aromatic rings. The second-order valence-electron chi connectivity index (χ2n) is 5.48. The Kier molecular flexibility index (Phi) is 5.46. The van der Waals surface area contributed by atoms with Gasteiger partial charge in [-0.2, -0.15) is 4.98 Å². The molecule has 0 unspecified atom stereocenters. The molecule has 3 rings (SSSR count). The van der Waals surface area contributed by atoms with Gasteiger partial charge in [-0.15, -0.1) is 0 Å². The van der Waals surface area contributed by atoms with Crippen molar-refractivity contribution < 1.29 is 4.74 Å². The smallest absolute Gasteiger partial charge is 0.224 e. The Morgan fingerprint density at radius 3 is 2.52 bits per heavy atom. The number of hydrogen-bond acceptors (Lipinski definition) is 5. The number of nitrogens with zero attached hydrogens (tertiary/aromatic N) is 3. The van der Waals surface area contributed by atoms with Gasteiger partial charge >= 0.3 is 0 Å². The van der Waals surface area contributed by atoms with Crippen LogP contribution in [0, 0.1) is 0 Å². The minimum atomic E-state index is 0.595. The molecule has 0 aliphatic rings. The number of anilines is 3. The number of ether oxygens (including phenoxy) is 1. The molecule has 1 heterocycles. The monoisotopic (exact) mass is 334 g/mol. The van der Waals surface area contributed by atoms with E-state index in [9.17, 15) is 0 Å². The third kappa shape index (κ3) is 4.07. The summed E-state index contributed by atoms with van der Waals surface area (Å²) in [7, 11) is 1.68. The van der Waals surface area contributed by atoms with Crippen molar-refractivity contribution in [1.29, 1.82) is 0 Å². The van der Waals surface area contributed by atoms with Gasteiger partial charge in [-0.1, -0.05) is 36.4 Å². The van der Waals surface area contributed by atoms with E-state index in [1.165, 1.54) is 0 Å². The number of para-hydroxylation sites is 2. The van der Waals surface area contributed by atoms with Gasteiger partial charge in [-0.05, 0) is 31.2 Å². The second kappa shape index (κ2) is 8.15. The largest absolute Gasteiger partial charge is 0.496 e. The third-order valence-corrected chi connectivity index (χ3v) is 3.93. The maximum atomic E-state index is 5.38. The highest BCUT2D eigenvalue weighted by atomic mass is 16.5. The van der Waals surface area contributed by atoms with Crippen molar-refractivity contribution in [3.05, 3.63) is 72.4 Å². The molecule has 0 atom stereocenters. The van der Waals surface area contributed by atoms with Crippen LogP contribution < -0.4 is 15.0 Å². The van der Waals surface area contributed by atoms with Crippen molar-refractivity contribution in [3.63, 3.8) is 0 Å². The fourth-order valence-corrected chi connectivity index (χ4v) is 2.69. The fraction of sp³-hybridized carbons (Fsp3) is 0.200. The number of nitrogens with one attached hydrogen (secondary N) is 1. The maximum Gasteiger partial charge on any atom is 0.224 e. The van der Waals surface area contributed by atoms with Gasteiger partial charge in [0.2, 0.25) is 5.95 Å². The number of aromatic nitrogens is 2. The summed E-state index contributed by atoms with van der Waals surface area (Å²) in [6.07, 6.45) is 1.78. The van der Waals surface area contributed by atoms with Gasteiger partial charge in [0.25, 0.3) is 0 Å². The van der Waals surface area contributed by atoms with E-state index in [1.807, 2.05) is 48.5 Å². The molecule has 0 saturated carbocycles. The van der Waals surface area contributed by atoms with Crippen LogP contribution in [0.3, 0.4) is 0 Å². The van der Waals surface area contributed by atoms with E-state index in [0.29, 0.717) is 12.5 Å². The number of hydrogen-bond donors (Lipinski definition) is 1. The first-order valence-electron chi connectivity index (χ1n) is 8.33. The minimum absolute atomic E-state index is 0.595. The standard InChI is InChI=1S/C20H22N4O/c1-3-24(17-10-5-4-6-11-17)19-13-14-21-20(23-19)22-15-16-9-7-8-12-18(16)25-2/h4-14H,3,15H2,1-2H3,(H,21,22,23). The van der Waals surface area contributed by atoms with E-state index >= 15 is 0 Å². The van der Waals surface area contributed by atoms with Crippen molar-refractivity contribution in [2.45, 2.75) is 13.5 Å². The molecule has 0 fully saturated rings. The lowest BCUT2D eigenvalue weighted by molar-refractivity contribution is 0.410. The van der Waals surface area contributed by atoms with Gasteiger partial charge in [0, 0.05) is 30.5 Å². The van der Waals surface area contributed by atoms with Crippen LogP contribution >= 0.6 is 0 Å². The lowest BCUT2D eigenvalue weighted by atomic mass is 10.2. The lowest BCUT2D eigenvalue weighted by Gasteiger charge is -2.22. The van der Waals surface area contributed by atoms with E-state index in [2.05, 4.69) is 39.2 Å². The Hall–Kier alpha value is -3.08. The van der Waals surface area contributed by atoms with E-state index in [4.69, 9.17) is 4.74 Å². The van der Waals surface area contributed by atoms with Crippen molar-refractivity contribution in [2.75, 3.05) is 23.9 Å². The lowest BCUT2D eigenvalue weighted by Crippen LogP contribution is -2.18. The van der Waals surface area contributed by atoms with Gasteiger partial charge in [-0.3, -0.25) is 0 Å². The zero-order chi connectivity index (χ0) is 17.5. The number of methoxy groups -OCH3 is 1. The Labute approximate surface area is 148 Å². The molecule has 5 nitrogen and oxygen atoms in total. The summed E-state index contributed by atoms with van der Waals surface area (Å²) in [5.41, 5.74) is 2.17. The highest BCUT2D eigenvalue weighted by molar-refractivity contribution is 5.60. The average Bonchev–Trinajstić information content (AvgIpc) is 2.68. The molecule has 128 valence electrons. The Morgan fingerprint density at radius 1 is 1.00 bits per heavy atom. The normalized spacial score (nSPS) is 10.3. The van der Waals surface area contributed by atoms with Crippen LogP contribution in [0.2, 0.25) is 0 Å². The molecule has 0 amide bonds. The molecule has 0 bridgehead atoms. The highest BCUT2D eigenvalue weighted by Crippen LogP contribution is 2.24. The molecular weight excluding hydrogens is 312 g/mol. The molecule has 2 aromatic carbocycles. The average molecular weight is 334 g/mol. The van der Waals surface area contributed by atoms with Gasteiger partial charge in [0.15, 0.2) is 0 Å². The second-order valence-corrected chi connectivity index (χ2v) is 5.48. The Balaban J connectivity index is 1.77. The molecular formula is C20H22N4O. The zero-order valence-electron chi connectivity index (χ0n) is 14.5. The molecule has 5 heteroatoms. The predicted molar refractivity (Wildman–Crippen MR) is 101 cm³/mol. The number of rotatable bonds is 7. The van der Waals surface area contributed by atoms with E-state index in [1.54, 1.807) is 13.3 Å². The number of benzene rings is 2. The molecule has 1 N–H and O–H groups in total. The van der Waals surface area contributed by atoms with Crippen LogP contribution in [0.25, 0.3) is 0 Å². The molecule has 0 saturated heterocycles. The fourth-order valence-electron chi connectivity index (χ4n) is 2.69. The Morgan fingerprint density at radius 2 is 1.76 bits per heavy atom. The highest BCUT2D eigenvalue weighted by Gasteiger charge is 2.10. The van der Waals surface area contributed by atoms with Gasteiger partial charge in [-0.25, -0.2) is 4.98 Å². The summed E-state index contributed by atoms with van der Waals surface area (Å²) >= 11 is 0.